The summed E-state index contributed by atoms with van der Waals surface area (Å²) in [5, 5.41) is 13.7. The molecule has 0 saturated carbocycles. The van der Waals surface area contributed by atoms with Crippen LogP contribution >= 0.6 is 11.6 Å². The molecule has 0 spiro atoms. The van der Waals surface area contributed by atoms with E-state index in [0.717, 1.165) is 37.4 Å². The number of piperidine rings is 1. The second kappa shape index (κ2) is 5.17. The number of halogens is 1. The van der Waals surface area contributed by atoms with E-state index in [-0.39, 0.29) is 12.0 Å². The summed E-state index contributed by atoms with van der Waals surface area (Å²) >= 11 is 5.98. The molecule has 16 heavy (non-hydrogen) atoms. The van der Waals surface area contributed by atoms with Crippen molar-refractivity contribution >= 4 is 11.6 Å². The summed E-state index contributed by atoms with van der Waals surface area (Å²) < 4.78 is 0. The summed E-state index contributed by atoms with van der Waals surface area (Å²) in [7, 11) is 0. The third-order valence-corrected chi connectivity index (χ3v) is 3.70. The summed E-state index contributed by atoms with van der Waals surface area (Å²) in [4.78, 5) is 0. The molecule has 2 nitrogen and oxygen atoms in total. The molecule has 2 N–H and O–H groups in total. The van der Waals surface area contributed by atoms with Gasteiger partial charge in [-0.25, -0.2) is 0 Å². The van der Waals surface area contributed by atoms with E-state index < -0.39 is 0 Å². The summed E-state index contributed by atoms with van der Waals surface area (Å²) in [5.41, 5.74) is 1.28. The molecule has 0 aromatic heterocycles. The maximum Gasteiger partial charge on any atom is 0.0491 e. The molecule has 1 saturated heterocycles. The molecule has 2 rings (SSSR count). The van der Waals surface area contributed by atoms with E-state index in [2.05, 4.69) is 11.4 Å². The SMILES string of the molecule is OCC1(Cc2cccc(Cl)c2)CCNCC1. The molecule has 0 unspecified atom stereocenters. The minimum atomic E-state index is 0.0515. The van der Waals surface area contributed by atoms with Gasteiger partial charge in [0.25, 0.3) is 0 Å². The summed E-state index contributed by atoms with van der Waals surface area (Å²) in [5.74, 6) is 0. The van der Waals surface area contributed by atoms with Crippen LogP contribution in [0.15, 0.2) is 24.3 Å². The van der Waals surface area contributed by atoms with E-state index in [9.17, 15) is 5.11 Å². The van der Waals surface area contributed by atoms with Gasteiger partial charge >= 0.3 is 0 Å². The Morgan fingerprint density at radius 2 is 2.06 bits per heavy atom. The fraction of sp³-hybridized carbons (Fsp3) is 0.538. The Morgan fingerprint density at radius 3 is 2.69 bits per heavy atom. The van der Waals surface area contributed by atoms with Gasteiger partial charge < -0.3 is 10.4 Å². The summed E-state index contributed by atoms with van der Waals surface area (Å²) in [6, 6.07) is 7.95. The van der Waals surface area contributed by atoms with E-state index in [1.54, 1.807) is 0 Å². The molecule has 0 atom stereocenters. The Morgan fingerprint density at radius 1 is 1.31 bits per heavy atom. The van der Waals surface area contributed by atoms with Crippen molar-refractivity contribution in [2.45, 2.75) is 19.3 Å². The Hall–Kier alpha value is -0.570. The predicted octanol–water partition coefficient (Wildman–Crippen LogP) is 2.24. The molecular weight excluding hydrogens is 222 g/mol. The minimum absolute atomic E-state index is 0.0515. The summed E-state index contributed by atoms with van der Waals surface area (Å²) in [6.07, 6.45) is 3.00. The number of hydrogen-bond donors (Lipinski definition) is 2. The van der Waals surface area contributed by atoms with Crippen molar-refractivity contribution in [2.75, 3.05) is 19.7 Å². The van der Waals surface area contributed by atoms with Crippen LogP contribution in [0.1, 0.15) is 18.4 Å². The van der Waals surface area contributed by atoms with Crippen molar-refractivity contribution in [3.63, 3.8) is 0 Å². The number of aliphatic hydroxyl groups is 1. The number of benzene rings is 1. The fourth-order valence-corrected chi connectivity index (χ4v) is 2.64. The van der Waals surface area contributed by atoms with Gasteiger partial charge in [0, 0.05) is 11.6 Å². The molecule has 1 aliphatic rings. The van der Waals surface area contributed by atoms with Crippen molar-refractivity contribution in [3.8, 4) is 0 Å². The number of aliphatic hydroxyl groups excluding tert-OH is 1. The summed E-state index contributed by atoms with van der Waals surface area (Å²) in [6.45, 7) is 2.27. The minimum Gasteiger partial charge on any atom is -0.396 e. The highest BCUT2D eigenvalue weighted by atomic mass is 35.5. The van der Waals surface area contributed by atoms with Crippen molar-refractivity contribution in [2.24, 2.45) is 5.41 Å². The third kappa shape index (κ3) is 2.76. The third-order valence-electron chi connectivity index (χ3n) is 3.47. The van der Waals surface area contributed by atoms with Gasteiger partial charge in [-0.15, -0.1) is 0 Å². The first-order chi connectivity index (χ1) is 7.74. The zero-order chi connectivity index (χ0) is 11.4. The van der Waals surface area contributed by atoms with Gasteiger partial charge in [0.2, 0.25) is 0 Å². The second-order valence-electron chi connectivity index (χ2n) is 4.71. The van der Waals surface area contributed by atoms with Crippen molar-refractivity contribution < 1.29 is 5.11 Å². The maximum absolute atomic E-state index is 9.61. The van der Waals surface area contributed by atoms with Crippen LogP contribution in [0.2, 0.25) is 5.02 Å². The van der Waals surface area contributed by atoms with E-state index in [0.29, 0.717) is 0 Å². The highest BCUT2D eigenvalue weighted by molar-refractivity contribution is 6.30. The average Bonchev–Trinajstić information content (AvgIpc) is 2.30. The first-order valence-electron chi connectivity index (χ1n) is 5.80. The van der Waals surface area contributed by atoms with Crippen LogP contribution in [0.4, 0.5) is 0 Å². The molecule has 1 heterocycles. The first-order valence-corrected chi connectivity index (χ1v) is 6.18. The number of hydrogen-bond acceptors (Lipinski definition) is 2. The highest BCUT2D eigenvalue weighted by Gasteiger charge is 2.31. The van der Waals surface area contributed by atoms with Gasteiger partial charge in [-0.2, -0.15) is 0 Å². The number of rotatable bonds is 3. The van der Waals surface area contributed by atoms with Crippen LogP contribution in [-0.2, 0) is 6.42 Å². The second-order valence-corrected chi connectivity index (χ2v) is 5.15. The molecule has 1 aliphatic heterocycles. The quantitative estimate of drug-likeness (QED) is 0.848. The van der Waals surface area contributed by atoms with Gasteiger partial charge in [-0.3, -0.25) is 0 Å². The monoisotopic (exact) mass is 239 g/mol. The molecule has 1 fully saturated rings. The molecule has 1 aromatic carbocycles. The van der Waals surface area contributed by atoms with Crippen molar-refractivity contribution in [1.29, 1.82) is 0 Å². The van der Waals surface area contributed by atoms with E-state index >= 15 is 0 Å². The normalized spacial score (nSPS) is 19.6. The lowest BCUT2D eigenvalue weighted by molar-refractivity contribution is 0.0893. The molecule has 0 amide bonds. The Labute approximate surface area is 102 Å². The average molecular weight is 240 g/mol. The van der Waals surface area contributed by atoms with Gasteiger partial charge in [0.05, 0.1) is 0 Å². The van der Waals surface area contributed by atoms with Crippen LogP contribution in [0.5, 0.6) is 0 Å². The molecule has 0 bridgehead atoms. The van der Waals surface area contributed by atoms with Crippen LogP contribution in [0.3, 0.4) is 0 Å². The van der Waals surface area contributed by atoms with Gasteiger partial charge in [0.15, 0.2) is 0 Å². The first kappa shape index (κ1) is 11.9. The van der Waals surface area contributed by atoms with E-state index in [4.69, 9.17) is 11.6 Å². The topological polar surface area (TPSA) is 32.3 Å². The fourth-order valence-electron chi connectivity index (χ4n) is 2.43. The van der Waals surface area contributed by atoms with E-state index in [1.807, 2.05) is 18.2 Å². The molecule has 1 aromatic rings. The van der Waals surface area contributed by atoms with Gasteiger partial charge in [-0.1, -0.05) is 23.7 Å². The lowest BCUT2D eigenvalue weighted by Gasteiger charge is -2.36. The molecule has 0 aliphatic carbocycles. The van der Waals surface area contributed by atoms with Crippen LogP contribution < -0.4 is 5.32 Å². The Balaban J connectivity index is 2.11. The van der Waals surface area contributed by atoms with Crippen LogP contribution in [0.25, 0.3) is 0 Å². The molecule has 3 heteroatoms. The van der Waals surface area contributed by atoms with Crippen LogP contribution in [-0.4, -0.2) is 24.8 Å². The molecule has 0 radical (unpaired) electrons. The zero-order valence-corrected chi connectivity index (χ0v) is 10.1. The Kier molecular flexibility index (Phi) is 3.85. The van der Waals surface area contributed by atoms with E-state index in [1.165, 1.54) is 5.56 Å². The van der Waals surface area contributed by atoms with Gasteiger partial charge in [0.1, 0.15) is 0 Å². The lowest BCUT2D eigenvalue weighted by Crippen LogP contribution is -2.40. The molecular formula is C13H18ClNO. The Bertz CT molecular complexity index is 348. The predicted molar refractivity (Wildman–Crippen MR) is 66.8 cm³/mol. The largest absolute Gasteiger partial charge is 0.396 e. The molecule has 88 valence electrons. The maximum atomic E-state index is 9.61. The van der Waals surface area contributed by atoms with Crippen LogP contribution in [0, 0.1) is 5.41 Å². The van der Waals surface area contributed by atoms with Crippen molar-refractivity contribution in [3.05, 3.63) is 34.9 Å². The smallest absolute Gasteiger partial charge is 0.0491 e. The zero-order valence-electron chi connectivity index (χ0n) is 9.38. The van der Waals surface area contributed by atoms with Crippen molar-refractivity contribution in [1.82, 2.24) is 5.32 Å². The highest BCUT2D eigenvalue weighted by Crippen LogP contribution is 2.32. The lowest BCUT2D eigenvalue weighted by atomic mass is 9.75. The number of nitrogens with one attached hydrogen (secondary N) is 1. The van der Waals surface area contributed by atoms with Gasteiger partial charge in [-0.05, 0) is 55.5 Å². The standard InChI is InChI=1S/C13H18ClNO/c14-12-3-1-2-11(8-12)9-13(10-16)4-6-15-7-5-13/h1-3,8,15-16H,4-7,9-10H2.